The highest BCUT2D eigenvalue weighted by atomic mass is 31.2. The topological polar surface area (TPSA) is 55.8 Å². The van der Waals surface area contributed by atoms with Gasteiger partial charge in [-0.15, -0.1) is 6.58 Å². The summed E-state index contributed by atoms with van der Waals surface area (Å²) in [7, 11) is -6.56. The van der Waals surface area contributed by atoms with E-state index in [1.807, 2.05) is 66.7 Å². The molecular formula is C29H37O4PSi. The lowest BCUT2D eigenvalue weighted by molar-refractivity contribution is 0.0672. The van der Waals surface area contributed by atoms with Gasteiger partial charge in [0.2, 0.25) is 7.37 Å². The van der Waals surface area contributed by atoms with Crippen molar-refractivity contribution >= 4 is 26.1 Å². The molecule has 3 atom stereocenters. The predicted octanol–water partition coefficient (Wildman–Crippen LogP) is 6.12. The van der Waals surface area contributed by atoms with E-state index in [1.165, 1.54) is 0 Å². The van der Waals surface area contributed by atoms with Gasteiger partial charge >= 0.3 is 0 Å². The van der Waals surface area contributed by atoms with Gasteiger partial charge in [-0.2, -0.15) is 0 Å². The monoisotopic (exact) mass is 508 g/mol. The Hall–Kier alpha value is -2.27. The first-order valence-corrected chi connectivity index (χ1v) is 15.8. The second-order valence-electron chi connectivity index (χ2n) is 9.64. The maximum absolute atomic E-state index is 13.9. The molecule has 0 amide bonds. The number of benzene rings is 3. The summed E-state index contributed by atoms with van der Waals surface area (Å²) >= 11 is 0. The standard InChI is InChI=1S/C29H37O4PSi/c1-6-23-34(31,32-7-2)28(30)27(24-17-11-8-12-18-24)33-35(29(3,4)5,25-19-13-9-14-20-25)26-21-15-10-16-22-26/h6,8-22,27-28,30H,1,7,23H2,2-5H3/t27-,28-,34?/m0/s1. The summed E-state index contributed by atoms with van der Waals surface area (Å²) in [6, 6.07) is 30.0. The third-order valence-electron chi connectivity index (χ3n) is 6.25. The Bertz CT molecular complexity index is 1070. The van der Waals surface area contributed by atoms with Crippen LogP contribution in [-0.4, -0.2) is 32.0 Å². The molecule has 1 N–H and O–H groups in total. The minimum absolute atomic E-state index is 0.0649. The van der Waals surface area contributed by atoms with Gasteiger partial charge in [0.25, 0.3) is 8.32 Å². The van der Waals surface area contributed by atoms with Crippen LogP contribution in [0.1, 0.15) is 39.4 Å². The van der Waals surface area contributed by atoms with Gasteiger partial charge in [-0.25, -0.2) is 0 Å². The molecule has 35 heavy (non-hydrogen) atoms. The van der Waals surface area contributed by atoms with Gasteiger partial charge in [-0.1, -0.05) is 118 Å². The predicted molar refractivity (Wildman–Crippen MR) is 148 cm³/mol. The fourth-order valence-electron chi connectivity index (χ4n) is 4.67. The van der Waals surface area contributed by atoms with Crippen molar-refractivity contribution in [3.63, 3.8) is 0 Å². The Morgan fingerprint density at radius 2 is 1.37 bits per heavy atom. The quantitative estimate of drug-likeness (QED) is 0.193. The number of allylic oxidation sites excluding steroid dienone is 1. The molecule has 0 aliphatic heterocycles. The molecule has 0 bridgehead atoms. The molecule has 1 unspecified atom stereocenters. The van der Waals surface area contributed by atoms with Crippen LogP contribution in [0.3, 0.4) is 0 Å². The zero-order valence-corrected chi connectivity index (χ0v) is 23.0. The van der Waals surface area contributed by atoms with E-state index >= 15 is 0 Å². The first-order chi connectivity index (χ1) is 16.7. The van der Waals surface area contributed by atoms with E-state index in [-0.39, 0.29) is 17.8 Å². The van der Waals surface area contributed by atoms with E-state index in [9.17, 15) is 9.67 Å². The van der Waals surface area contributed by atoms with Crippen LogP contribution in [0, 0.1) is 0 Å². The minimum Gasteiger partial charge on any atom is -0.397 e. The second-order valence-corrected chi connectivity index (χ2v) is 16.5. The Labute approximate surface area is 211 Å². The highest BCUT2D eigenvalue weighted by Crippen LogP contribution is 2.56. The van der Waals surface area contributed by atoms with E-state index in [4.69, 9.17) is 8.95 Å². The van der Waals surface area contributed by atoms with Crippen LogP contribution in [0.4, 0.5) is 0 Å². The maximum atomic E-state index is 13.9. The van der Waals surface area contributed by atoms with Crippen LogP contribution >= 0.6 is 7.37 Å². The molecule has 0 spiro atoms. The third-order valence-corrected chi connectivity index (χ3v) is 13.8. The minimum atomic E-state index is -3.52. The molecular weight excluding hydrogens is 471 g/mol. The van der Waals surface area contributed by atoms with Crippen molar-refractivity contribution in [1.29, 1.82) is 0 Å². The van der Waals surface area contributed by atoms with Crippen molar-refractivity contribution in [2.75, 3.05) is 12.8 Å². The Balaban J connectivity index is 2.29. The highest BCUT2D eigenvalue weighted by molar-refractivity contribution is 7.59. The normalized spacial score (nSPS) is 15.7. The first-order valence-electron chi connectivity index (χ1n) is 12.1. The van der Waals surface area contributed by atoms with Gasteiger partial charge in [-0.3, -0.25) is 4.57 Å². The molecule has 0 aromatic heterocycles. The number of hydrogen-bond acceptors (Lipinski definition) is 4. The van der Waals surface area contributed by atoms with Crippen LogP contribution in [0.25, 0.3) is 0 Å². The lowest BCUT2D eigenvalue weighted by atomic mass is 10.1. The van der Waals surface area contributed by atoms with E-state index in [1.54, 1.807) is 13.0 Å². The van der Waals surface area contributed by atoms with Gasteiger partial charge in [0.1, 0.15) is 6.10 Å². The van der Waals surface area contributed by atoms with Gasteiger partial charge in [0, 0.05) is 6.16 Å². The van der Waals surface area contributed by atoms with Crippen LogP contribution in [0.15, 0.2) is 104 Å². The summed E-state index contributed by atoms with van der Waals surface area (Å²) in [6.45, 7) is 12.3. The van der Waals surface area contributed by atoms with Crippen molar-refractivity contribution in [2.45, 2.75) is 44.7 Å². The first kappa shape index (κ1) is 27.3. The smallest absolute Gasteiger partial charge is 0.262 e. The number of aliphatic hydroxyl groups is 1. The van der Waals surface area contributed by atoms with E-state index in [0.717, 1.165) is 15.9 Å². The van der Waals surface area contributed by atoms with Crippen LogP contribution < -0.4 is 10.4 Å². The number of rotatable bonds is 11. The summed E-state index contributed by atoms with van der Waals surface area (Å²) in [5.41, 5.74) is 0.761. The Morgan fingerprint density at radius 1 is 0.914 bits per heavy atom. The molecule has 6 heteroatoms. The molecule has 0 saturated heterocycles. The van der Waals surface area contributed by atoms with Crippen molar-refractivity contribution < 1.29 is 18.6 Å². The largest absolute Gasteiger partial charge is 0.397 e. The summed E-state index contributed by atoms with van der Waals surface area (Å²) in [5, 5.41) is 13.6. The molecule has 4 nitrogen and oxygen atoms in total. The Kier molecular flexibility index (Phi) is 9.09. The molecule has 3 rings (SSSR count). The fraction of sp³-hybridized carbons (Fsp3) is 0.310. The molecule has 3 aromatic carbocycles. The molecule has 0 aliphatic carbocycles. The van der Waals surface area contributed by atoms with E-state index in [2.05, 4.69) is 51.6 Å². The zero-order valence-electron chi connectivity index (χ0n) is 21.1. The summed E-state index contributed by atoms with van der Waals surface area (Å²) in [6.07, 6.45) is 0.750. The molecule has 0 radical (unpaired) electrons. The van der Waals surface area contributed by atoms with Crippen molar-refractivity contribution in [3.05, 3.63) is 109 Å². The van der Waals surface area contributed by atoms with Crippen molar-refractivity contribution in [1.82, 2.24) is 0 Å². The van der Waals surface area contributed by atoms with Gasteiger partial charge < -0.3 is 14.1 Å². The molecule has 0 heterocycles. The van der Waals surface area contributed by atoms with Crippen LogP contribution in [0.2, 0.25) is 5.04 Å². The number of hydrogen-bond donors (Lipinski definition) is 1. The average molecular weight is 509 g/mol. The van der Waals surface area contributed by atoms with E-state index < -0.39 is 27.6 Å². The summed E-state index contributed by atoms with van der Waals surface area (Å²) in [5.74, 6) is -1.36. The third kappa shape index (κ3) is 5.77. The summed E-state index contributed by atoms with van der Waals surface area (Å²) in [4.78, 5) is 0. The van der Waals surface area contributed by atoms with Gasteiger partial charge in [-0.05, 0) is 27.9 Å². The molecule has 186 valence electrons. The van der Waals surface area contributed by atoms with E-state index in [0.29, 0.717) is 0 Å². The Morgan fingerprint density at radius 3 is 1.77 bits per heavy atom. The highest BCUT2D eigenvalue weighted by Gasteiger charge is 2.54. The second kappa shape index (κ2) is 11.6. The van der Waals surface area contributed by atoms with Crippen LogP contribution in [0.5, 0.6) is 0 Å². The number of aliphatic hydroxyl groups excluding tert-OH is 1. The van der Waals surface area contributed by atoms with Crippen molar-refractivity contribution in [2.24, 2.45) is 0 Å². The fourth-order valence-corrected chi connectivity index (χ4v) is 11.4. The molecule has 0 fully saturated rings. The summed E-state index contributed by atoms with van der Waals surface area (Å²) < 4.78 is 26.9. The maximum Gasteiger partial charge on any atom is 0.262 e. The lowest BCUT2D eigenvalue weighted by Gasteiger charge is -2.46. The van der Waals surface area contributed by atoms with Crippen molar-refractivity contribution in [3.8, 4) is 0 Å². The molecule has 0 saturated carbocycles. The van der Waals surface area contributed by atoms with Gasteiger partial charge in [0.05, 0.1) is 6.61 Å². The molecule has 3 aromatic rings. The van der Waals surface area contributed by atoms with Crippen LogP contribution in [-0.2, 0) is 13.5 Å². The average Bonchev–Trinajstić information content (AvgIpc) is 2.85. The lowest BCUT2D eigenvalue weighted by Crippen LogP contribution is -2.67. The zero-order chi connectivity index (χ0) is 25.5. The SMILES string of the molecule is C=CCP(=O)(OCC)[C@H](O)[C@@H](O[Si](c1ccccc1)(c1ccccc1)C(C)(C)C)c1ccccc1. The molecule has 0 aliphatic rings. The van der Waals surface area contributed by atoms with Gasteiger partial charge in [0.15, 0.2) is 5.85 Å².